The molecule has 2 aromatic rings. The van der Waals surface area contributed by atoms with Gasteiger partial charge in [0.1, 0.15) is 6.54 Å². The first kappa shape index (κ1) is 24.8. The number of nitriles is 1. The number of anilines is 1. The zero-order valence-electron chi connectivity index (χ0n) is 19.3. The van der Waals surface area contributed by atoms with Crippen molar-refractivity contribution in [2.75, 3.05) is 11.4 Å². The molecule has 186 valence electrons. The van der Waals surface area contributed by atoms with E-state index in [9.17, 15) is 32.7 Å². The summed E-state index contributed by atoms with van der Waals surface area (Å²) >= 11 is 0. The Morgan fingerprint density at radius 1 is 1.19 bits per heavy atom. The van der Waals surface area contributed by atoms with Crippen molar-refractivity contribution in [1.82, 2.24) is 10.2 Å². The third-order valence-corrected chi connectivity index (χ3v) is 6.00. The quantitative estimate of drug-likeness (QED) is 0.656. The average molecular weight is 498 g/mol. The molecule has 2 N–H and O–H groups in total. The van der Waals surface area contributed by atoms with Crippen molar-refractivity contribution in [3.05, 3.63) is 76.5 Å². The first-order chi connectivity index (χ1) is 16.8. The van der Waals surface area contributed by atoms with Gasteiger partial charge in [0.25, 0.3) is 5.91 Å². The maximum atomic E-state index is 13.8. The molecule has 0 aromatic heterocycles. The fourth-order valence-corrected chi connectivity index (χ4v) is 4.53. The minimum atomic E-state index is -4.68. The van der Waals surface area contributed by atoms with E-state index in [1.165, 1.54) is 30.3 Å². The minimum Gasteiger partial charge on any atom is -0.480 e. The van der Waals surface area contributed by atoms with E-state index in [0.29, 0.717) is 11.1 Å². The number of halogens is 3. The number of hydrogen-bond donors (Lipinski definition) is 2. The fraction of sp³-hybridized carbons (Fsp3) is 0.280. The Morgan fingerprint density at radius 3 is 2.44 bits per heavy atom. The van der Waals surface area contributed by atoms with Gasteiger partial charge in [0, 0.05) is 17.7 Å². The minimum absolute atomic E-state index is 0.0531. The van der Waals surface area contributed by atoms with E-state index < -0.39 is 47.8 Å². The lowest BCUT2D eigenvalue weighted by Crippen LogP contribution is -2.59. The average Bonchev–Trinajstić information content (AvgIpc) is 2.79. The van der Waals surface area contributed by atoms with E-state index in [2.05, 4.69) is 5.32 Å². The molecule has 36 heavy (non-hydrogen) atoms. The number of nitrogens with zero attached hydrogens (tertiary/aromatic N) is 3. The lowest BCUT2D eigenvalue weighted by molar-refractivity contribution is -0.138. The van der Waals surface area contributed by atoms with E-state index in [1.54, 1.807) is 13.8 Å². The predicted molar refractivity (Wildman–Crippen MR) is 121 cm³/mol. The van der Waals surface area contributed by atoms with Crippen molar-refractivity contribution < 1.29 is 32.7 Å². The molecule has 1 atom stereocenters. The Labute approximate surface area is 204 Å². The fourth-order valence-electron chi connectivity index (χ4n) is 4.53. The van der Waals surface area contributed by atoms with Crippen LogP contribution in [0.2, 0.25) is 0 Å². The van der Waals surface area contributed by atoms with Gasteiger partial charge in [-0.25, -0.2) is 4.79 Å². The third-order valence-electron chi connectivity index (χ3n) is 6.00. The number of nitrogens with one attached hydrogen (secondary N) is 1. The smallest absolute Gasteiger partial charge is 0.416 e. The molecular formula is C25H21F3N4O4. The van der Waals surface area contributed by atoms with Gasteiger partial charge in [-0.2, -0.15) is 18.4 Å². The topological polar surface area (TPSA) is 114 Å². The number of amides is 3. The summed E-state index contributed by atoms with van der Waals surface area (Å²) in [5.41, 5.74) is -1.02. The first-order valence-corrected chi connectivity index (χ1v) is 10.9. The molecule has 0 bridgehead atoms. The Bertz CT molecular complexity index is 1330. The third kappa shape index (κ3) is 4.49. The second-order valence-corrected chi connectivity index (χ2v) is 9.20. The van der Waals surface area contributed by atoms with Gasteiger partial charge in [0.2, 0.25) is 0 Å². The van der Waals surface area contributed by atoms with Crippen LogP contribution >= 0.6 is 0 Å². The van der Waals surface area contributed by atoms with E-state index >= 15 is 0 Å². The molecule has 0 radical (unpaired) electrons. The maximum Gasteiger partial charge on any atom is 0.416 e. The molecule has 1 unspecified atom stereocenters. The zero-order valence-corrected chi connectivity index (χ0v) is 19.3. The largest absolute Gasteiger partial charge is 0.480 e. The Hall–Kier alpha value is -4.33. The number of benzene rings is 2. The molecule has 3 amide bonds. The summed E-state index contributed by atoms with van der Waals surface area (Å²) < 4.78 is 40.4. The van der Waals surface area contributed by atoms with Crippen molar-refractivity contribution in [3.8, 4) is 6.07 Å². The molecule has 4 rings (SSSR count). The van der Waals surface area contributed by atoms with Gasteiger partial charge in [-0.1, -0.05) is 18.2 Å². The molecule has 2 aromatic carbocycles. The normalized spacial score (nSPS) is 19.5. The maximum absolute atomic E-state index is 13.8. The zero-order chi connectivity index (χ0) is 26.4. The lowest BCUT2D eigenvalue weighted by Gasteiger charge is -2.47. The summed E-state index contributed by atoms with van der Waals surface area (Å²) in [6.07, 6.45) is -4.58. The van der Waals surface area contributed by atoms with Crippen LogP contribution in [0.4, 0.5) is 23.7 Å². The first-order valence-electron chi connectivity index (χ1n) is 10.9. The molecule has 0 spiro atoms. The number of urea groups is 1. The summed E-state index contributed by atoms with van der Waals surface area (Å²) in [4.78, 5) is 40.8. The van der Waals surface area contributed by atoms with Gasteiger partial charge < -0.3 is 15.3 Å². The van der Waals surface area contributed by atoms with E-state index in [-0.39, 0.29) is 23.4 Å². The summed E-state index contributed by atoms with van der Waals surface area (Å²) in [7, 11) is 0. The van der Waals surface area contributed by atoms with Crippen LogP contribution in [-0.2, 0) is 15.8 Å². The molecular weight excluding hydrogens is 477 g/mol. The lowest BCUT2D eigenvalue weighted by atomic mass is 9.83. The van der Waals surface area contributed by atoms with Gasteiger partial charge in [0.15, 0.2) is 0 Å². The second-order valence-electron chi connectivity index (χ2n) is 9.20. The summed E-state index contributed by atoms with van der Waals surface area (Å²) in [6, 6.07) is 10.0. The number of rotatable bonds is 4. The molecule has 11 heteroatoms. The van der Waals surface area contributed by atoms with Crippen LogP contribution in [0.3, 0.4) is 0 Å². The van der Waals surface area contributed by atoms with Crippen LogP contribution < -0.4 is 10.2 Å². The second kappa shape index (κ2) is 8.71. The highest BCUT2D eigenvalue weighted by molar-refractivity contribution is 6.06. The molecule has 0 saturated carbocycles. The van der Waals surface area contributed by atoms with Crippen LogP contribution in [-0.4, -0.2) is 40.0 Å². The number of aliphatic carboxylic acids is 1. The molecule has 2 aliphatic rings. The van der Waals surface area contributed by atoms with Crippen molar-refractivity contribution in [2.24, 2.45) is 0 Å². The van der Waals surface area contributed by atoms with Crippen molar-refractivity contribution in [1.29, 1.82) is 5.26 Å². The van der Waals surface area contributed by atoms with Crippen LogP contribution in [0, 0.1) is 11.3 Å². The van der Waals surface area contributed by atoms with Gasteiger partial charge in [-0.3, -0.25) is 14.5 Å². The number of hydrogen-bond acceptors (Lipinski definition) is 4. The van der Waals surface area contributed by atoms with Gasteiger partial charge in [-0.05, 0) is 49.7 Å². The van der Waals surface area contributed by atoms with E-state index in [1.807, 2.05) is 6.07 Å². The number of alkyl halides is 3. The highest BCUT2D eigenvalue weighted by Gasteiger charge is 2.48. The predicted octanol–water partition coefficient (Wildman–Crippen LogP) is 4.20. The van der Waals surface area contributed by atoms with Crippen LogP contribution in [0.5, 0.6) is 0 Å². The van der Waals surface area contributed by atoms with Crippen LogP contribution in [0.15, 0.2) is 59.8 Å². The Balaban J connectivity index is 1.99. The Kier molecular flexibility index (Phi) is 6.00. The van der Waals surface area contributed by atoms with Crippen molar-refractivity contribution in [3.63, 3.8) is 0 Å². The van der Waals surface area contributed by atoms with Gasteiger partial charge >= 0.3 is 18.2 Å². The molecule has 0 aliphatic carbocycles. The number of carboxylic acid groups (broad SMARTS) is 1. The molecule has 2 aliphatic heterocycles. The van der Waals surface area contributed by atoms with Crippen molar-refractivity contribution in [2.45, 2.75) is 38.0 Å². The monoisotopic (exact) mass is 498 g/mol. The number of carbonyl (C=O) groups excluding carboxylic acids is 2. The highest BCUT2D eigenvalue weighted by Crippen LogP contribution is 2.44. The van der Waals surface area contributed by atoms with E-state index in [0.717, 1.165) is 28.0 Å². The van der Waals surface area contributed by atoms with E-state index in [4.69, 9.17) is 5.26 Å². The highest BCUT2D eigenvalue weighted by atomic mass is 19.4. The molecule has 8 nitrogen and oxygen atoms in total. The summed E-state index contributed by atoms with van der Waals surface area (Å²) in [5, 5.41) is 21.5. The standard InChI is InChI=1S/C25H21F3N4O4/c1-24(2)11-18-20(22(35)30-24)21(15-8-6-14(12-29)7-9-15)31(13-19(33)34)23(36)32(18)17-5-3-4-16(10-17)25(26,27)28/h3-10,21H,11,13H2,1-2H3,(H,30,35)(H,33,34). The molecule has 0 saturated heterocycles. The summed E-state index contributed by atoms with van der Waals surface area (Å²) in [6.45, 7) is 2.61. The van der Waals surface area contributed by atoms with Crippen LogP contribution in [0.25, 0.3) is 0 Å². The van der Waals surface area contributed by atoms with Crippen molar-refractivity contribution >= 4 is 23.6 Å². The van der Waals surface area contributed by atoms with Crippen LogP contribution in [0.1, 0.15) is 43.0 Å². The number of carboxylic acids is 1. The van der Waals surface area contributed by atoms with Gasteiger partial charge in [-0.15, -0.1) is 0 Å². The Morgan fingerprint density at radius 2 is 1.86 bits per heavy atom. The number of carbonyl (C=O) groups is 3. The molecule has 2 heterocycles. The SMILES string of the molecule is CC1(C)CC2=C(C(=O)N1)C(c1ccc(C#N)cc1)N(CC(=O)O)C(=O)N2c1cccc(C(F)(F)F)c1. The summed E-state index contributed by atoms with van der Waals surface area (Å²) in [5.74, 6) is -1.94. The molecule has 0 fully saturated rings. The van der Waals surface area contributed by atoms with Gasteiger partial charge in [0.05, 0.1) is 34.5 Å².